The van der Waals surface area contributed by atoms with E-state index in [2.05, 4.69) is 15.5 Å². The monoisotopic (exact) mass is 258 g/mol. The molecular weight excluding hydrogens is 240 g/mol. The molecule has 1 aromatic rings. The first kappa shape index (κ1) is 14.0. The summed E-state index contributed by atoms with van der Waals surface area (Å²) in [6.45, 7) is 2.22. The lowest BCUT2D eigenvalue weighted by molar-refractivity contribution is -0.125. The van der Waals surface area contributed by atoms with E-state index in [0.29, 0.717) is 6.54 Å². The second-order valence-corrected chi connectivity index (χ2v) is 4.40. The lowest BCUT2D eigenvalue weighted by atomic mass is 9.93. The van der Waals surface area contributed by atoms with Gasteiger partial charge in [-0.2, -0.15) is 5.10 Å². The highest BCUT2D eigenvalue weighted by atomic mass is 35.5. The second-order valence-electron chi connectivity index (χ2n) is 4.40. The lowest BCUT2D eigenvalue weighted by Crippen LogP contribution is -2.37. The Hall–Kier alpha value is -1.07. The van der Waals surface area contributed by atoms with Crippen LogP contribution in [0.15, 0.2) is 6.20 Å². The van der Waals surface area contributed by atoms with Gasteiger partial charge in [-0.25, -0.2) is 0 Å². The summed E-state index contributed by atoms with van der Waals surface area (Å²) in [5.74, 6) is -0.108. The quantitative estimate of drug-likeness (QED) is 0.754. The molecule has 1 heterocycles. The summed E-state index contributed by atoms with van der Waals surface area (Å²) in [6.07, 6.45) is 4.96. The minimum atomic E-state index is -0.131. The Morgan fingerprint density at radius 3 is 3.24 bits per heavy atom. The number of hydrogen-bond donors (Lipinski definition) is 3. The fraction of sp³-hybridized carbons (Fsp3) is 0.636. The molecule has 0 spiro atoms. The van der Waals surface area contributed by atoms with Crippen LogP contribution >= 0.6 is 12.4 Å². The van der Waals surface area contributed by atoms with Gasteiger partial charge in [0.05, 0.1) is 17.9 Å². The predicted octanol–water partition coefficient (Wildman–Crippen LogP) is 0.920. The number of nitrogens with zero attached hydrogens (tertiary/aromatic N) is 1. The number of hydrogen-bond acceptors (Lipinski definition) is 3. The van der Waals surface area contributed by atoms with E-state index in [1.165, 1.54) is 5.56 Å². The zero-order valence-electron chi connectivity index (χ0n) is 9.90. The third-order valence-corrected chi connectivity index (χ3v) is 3.16. The highest BCUT2D eigenvalue weighted by molar-refractivity contribution is 5.85. The normalized spacial score (nSPS) is 20.0. The lowest BCUT2D eigenvalue weighted by Gasteiger charge is -2.24. The van der Waals surface area contributed by atoms with Crippen LogP contribution in [0.5, 0.6) is 0 Å². The number of halogens is 1. The third kappa shape index (κ3) is 2.98. The topological polar surface area (TPSA) is 83.8 Å². The van der Waals surface area contributed by atoms with Gasteiger partial charge in [0.15, 0.2) is 0 Å². The van der Waals surface area contributed by atoms with Crippen LogP contribution in [-0.4, -0.2) is 22.6 Å². The molecule has 2 unspecified atom stereocenters. The van der Waals surface area contributed by atoms with Crippen molar-refractivity contribution < 1.29 is 4.79 Å². The Morgan fingerprint density at radius 2 is 2.53 bits per heavy atom. The molecular formula is C11H19ClN4O. The van der Waals surface area contributed by atoms with Gasteiger partial charge in [-0.15, -0.1) is 12.4 Å². The van der Waals surface area contributed by atoms with Crippen molar-refractivity contribution in [3.05, 3.63) is 17.5 Å². The van der Waals surface area contributed by atoms with Crippen LogP contribution in [0.1, 0.15) is 37.1 Å². The summed E-state index contributed by atoms with van der Waals surface area (Å²) in [4.78, 5) is 11.7. The molecule has 4 N–H and O–H groups in total. The van der Waals surface area contributed by atoms with Crippen molar-refractivity contribution in [2.24, 2.45) is 11.7 Å². The number of amides is 1. The Balaban J connectivity index is 0.00000144. The van der Waals surface area contributed by atoms with Crippen LogP contribution in [-0.2, 0) is 11.2 Å². The van der Waals surface area contributed by atoms with Crippen LogP contribution < -0.4 is 11.1 Å². The first-order chi connectivity index (χ1) is 7.72. The number of carbonyl (C=O) groups excluding carboxylic acids is 1. The smallest absolute Gasteiger partial charge is 0.224 e. The minimum Gasteiger partial charge on any atom is -0.347 e. The van der Waals surface area contributed by atoms with Gasteiger partial charge in [-0.05, 0) is 24.8 Å². The average molecular weight is 259 g/mol. The standard InChI is InChI=1S/C11H18N4O.ClH/c1-7(5-12)11(16)14-9-4-2-3-8-6-13-15-10(8)9;/h6-7,9H,2-5,12H2,1H3,(H,13,15)(H,14,16);1H. The van der Waals surface area contributed by atoms with Crippen LogP contribution in [0, 0.1) is 5.92 Å². The first-order valence-electron chi connectivity index (χ1n) is 5.75. The van der Waals surface area contributed by atoms with Crippen molar-refractivity contribution in [2.45, 2.75) is 32.2 Å². The van der Waals surface area contributed by atoms with Crippen LogP contribution in [0.2, 0.25) is 0 Å². The molecule has 0 fully saturated rings. The largest absolute Gasteiger partial charge is 0.347 e. The predicted molar refractivity (Wildman–Crippen MR) is 67.9 cm³/mol. The Kier molecular flexibility index (Phi) is 4.96. The maximum atomic E-state index is 11.7. The summed E-state index contributed by atoms with van der Waals surface area (Å²) in [5.41, 5.74) is 7.75. The SMILES string of the molecule is CC(CN)C(=O)NC1CCCc2cn[nH]c21.Cl. The Labute approximate surface area is 107 Å². The molecule has 1 amide bonds. The summed E-state index contributed by atoms with van der Waals surface area (Å²) >= 11 is 0. The fourth-order valence-electron chi connectivity index (χ4n) is 2.03. The van der Waals surface area contributed by atoms with Gasteiger partial charge in [0, 0.05) is 12.5 Å². The molecule has 17 heavy (non-hydrogen) atoms. The van der Waals surface area contributed by atoms with Crippen LogP contribution in [0.3, 0.4) is 0 Å². The number of nitrogens with one attached hydrogen (secondary N) is 2. The van der Waals surface area contributed by atoms with Gasteiger partial charge < -0.3 is 11.1 Å². The van der Waals surface area contributed by atoms with E-state index in [4.69, 9.17) is 5.73 Å². The molecule has 6 heteroatoms. The number of fused-ring (bicyclic) bond motifs is 1. The number of carbonyl (C=O) groups is 1. The van der Waals surface area contributed by atoms with Gasteiger partial charge in [-0.3, -0.25) is 9.89 Å². The van der Waals surface area contributed by atoms with Crippen molar-refractivity contribution >= 4 is 18.3 Å². The van der Waals surface area contributed by atoms with E-state index in [0.717, 1.165) is 25.0 Å². The molecule has 0 saturated carbocycles. The Morgan fingerprint density at radius 1 is 1.76 bits per heavy atom. The molecule has 1 aliphatic carbocycles. The Bertz CT molecular complexity index is 379. The summed E-state index contributed by atoms with van der Waals surface area (Å²) in [6, 6.07) is 0.0766. The zero-order valence-corrected chi connectivity index (χ0v) is 10.7. The summed E-state index contributed by atoms with van der Waals surface area (Å²) in [7, 11) is 0. The molecule has 1 aromatic heterocycles. The number of aryl methyl sites for hydroxylation is 1. The molecule has 0 saturated heterocycles. The van der Waals surface area contributed by atoms with Gasteiger partial charge in [0.1, 0.15) is 0 Å². The minimum absolute atomic E-state index is 0. The molecule has 96 valence electrons. The molecule has 0 radical (unpaired) electrons. The molecule has 1 aliphatic rings. The van der Waals surface area contributed by atoms with Crippen molar-refractivity contribution in [1.82, 2.24) is 15.5 Å². The molecule has 0 aliphatic heterocycles. The number of aromatic amines is 1. The molecule has 0 aromatic carbocycles. The number of aromatic nitrogens is 2. The maximum Gasteiger partial charge on any atom is 0.224 e. The number of nitrogens with two attached hydrogens (primary N) is 1. The summed E-state index contributed by atoms with van der Waals surface area (Å²) in [5, 5.41) is 10.0. The van der Waals surface area contributed by atoms with E-state index in [9.17, 15) is 4.79 Å². The highest BCUT2D eigenvalue weighted by Gasteiger charge is 2.24. The average Bonchev–Trinajstić information content (AvgIpc) is 2.77. The zero-order chi connectivity index (χ0) is 11.5. The fourth-order valence-corrected chi connectivity index (χ4v) is 2.03. The van der Waals surface area contributed by atoms with Crippen molar-refractivity contribution in [2.75, 3.05) is 6.54 Å². The van der Waals surface area contributed by atoms with E-state index in [1.54, 1.807) is 0 Å². The van der Waals surface area contributed by atoms with Crippen molar-refractivity contribution in [3.8, 4) is 0 Å². The van der Waals surface area contributed by atoms with E-state index in [1.807, 2.05) is 13.1 Å². The van der Waals surface area contributed by atoms with Crippen molar-refractivity contribution in [3.63, 3.8) is 0 Å². The highest BCUT2D eigenvalue weighted by Crippen LogP contribution is 2.27. The van der Waals surface area contributed by atoms with E-state index < -0.39 is 0 Å². The van der Waals surface area contributed by atoms with Gasteiger partial charge >= 0.3 is 0 Å². The van der Waals surface area contributed by atoms with Crippen LogP contribution in [0.4, 0.5) is 0 Å². The first-order valence-corrected chi connectivity index (χ1v) is 5.75. The third-order valence-electron chi connectivity index (χ3n) is 3.16. The number of H-pyrrole nitrogens is 1. The van der Waals surface area contributed by atoms with Crippen LogP contribution in [0.25, 0.3) is 0 Å². The second kappa shape index (κ2) is 6.02. The van der Waals surface area contributed by atoms with Crippen molar-refractivity contribution in [1.29, 1.82) is 0 Å². The molecule has 2 atom stereocenters. The van der Waals surface area contributed by atoms with Gasteiger partial charge in [0.25, 0.3) is 0 Å². The summed E-state index contributed by atoms with van der Waals surface area (Å²) < 4.78 is 0. The van der Waals surface area contributed by atoms with Gasteiger partial charge in [0.2, 0.25) is 5.91 Å². The maximum absolute atomic E-state index is 11.7. The molecule has 5 nitrogen and oxygen atoms in total. The number of rotatable bonds is 3. The molecule has 0 bridgehead atoms. The van der Waals surface area contributed by atoms with Gasteiger partial charge in [-0.1, -0.05) is 6.92 Å². The van der Waals surface area contributed by atoms with E-state index in [-0.39, 0.29) is 30.3 Å². The molecule has 2 rings (SSSR count). The van der Waals surface area contributed by atoms with E-state index >= 15 is 0 Å².